The van der Waals surface area contributed by atoms with E-state index >= 15 is 0 Å². The number of carbonyl (C=O) groups is 1. The van der Waals surface area contributed by atoms with Crippen molar-refractivity contribution in [2.24, 2.45) is 0 Å². The van der Waals surface area contributed by atoms with E-state index in [0.717, 1.165) is 99.3 Å². The third-order valence-electron chi connectivity index (χ3n) is 22.2. The second kappa shape index (κ2) is 72.0. The number of hydrogen-bond acceptors (Lipinski definition) is 10. The van der Waals surface area contributed by atoms with Crippen molar-refractivity contribution in [2.75, 3.05) is 39.6 Å². The maximum Gasteiger partial charge on any atom is 0.338 e. The van der Waals surface area contributed by atoms with Crippen molar-refractivity contribution >= 4 is 12.0 Å². The largest absolute Gasteiger partial charge is 0.490 e. The average Bonchev–Trinajstić information content (AvgIpc) is 0.832. The van der Waals surface area contributed by atoms with Crippen LogP contribution in [0.2, 0.25) is 0 Å². The van der Waals surface area contributed by atoms with Gasteiger partial charge in [-0.2, -0.15) is 0 Å². The van der Waals surface area contributed by atoms with Crippen LogP contribution in [0.1, 0.15) is 459 Å². The molecule has 0 spiro atoms. The summed E-state index contributed by atoms with van der Waals surface area (Å²) >= 11 is 0. The van der Waals surface area contributed by atoms with E-state index in [1.54, 1.807) is 12.1 Å². The Hall–Kier alpha value is -5.51. The highest BCUT2D eigenvalue weighted by Gasteiger charge is 2.22. The number of benzene rings is 4. The Morgan fingerprint density at radius 1 is 0.241 bits per heavy atom. The molecule has 0 unspecified atom stereocenters. The molecule has 4 rings (SSSR count). The van der Waals surface area contributed by atoms with Gasteiger partial charge in [-0.05, 0) is 103 Å². The Morgan fingerprint density at radius 2 is 0.482 bits per heavy atom. The third kappa shape index (κ3) is 50.8. The molecule has 0 amide bonds. The van der Waals surface area contributed by atoms with E-state index in [1.807, 2.05) is 36.4 Å². The van der Waals surface area contributed by atoms with Crippen LogP contribution >= 0.6 is 0 Å². The van der Waals surface area contributed by atoms with Crippen molar-refractivity contribution in [2.45, 2.75) is 447 Å². The molecule has 0 saturated heterocycles. The van der Waals surface area contributed by atoms with Gasteiger partial charge in [-0.25, -0.2) is 4.79 Å². The molecule has 0 radical (unpaired) electrons. The zero-order chi connectivity index (χ0) is 79.7. The Kier molecular flexibility index (Phi) is 63.5. The number of esters is 1. The van der Waals surface area contributed by atoms with E-state index in [0.29, 0.717) is 91.2 Å². The molecule has 0 aliphatic rings. The maximum absolute atomic E-state index is 14.2. The molecule has 0 N–H and O–H groups in total. The van der Waals surface area contributed by atoms with Crippen LogP contribution in [0.5, 0.6) is 46.0 Å². The number of carbonyl (C=O) groups excluding carboxylic acids is 1. The number of ether oxygens (including phenoxy) is 9. The molecular weight excluding hydrogens is 1390 g/mol. The fourth-order valence-corrected chi connectivity index (χ4v) is 14.9. The number of unbranched alkanes of at least 4 members (excludes halogenated alkanes) is 54. The summed E-state index contributed by atoms with van der Waals surface area (Å²) in [5, 5.41) is 0. The minimum absolute atomic E-state index is 0.119. The van der Waals surface area contributed by atoms with Gasteiger partial charge < -0.3 is 42.6 Å². The Morgan fingerprint density at radius 3 is 0.741 bits per heavy atom. The van der Waals surface area contributed by atoms with Crippen LogP contribution < -0.4 is 37.9 Å². The van der Waals surface area contributed by atoms with Crippen LogP contribution in [0.15, 0.2) is 73.3 Å². The lowest BCUT2D eigenvalue weighted by Gasteiger charge is -2.20. The first-order valence-corrected chi connectivity index (χ1v) is 47.8. The van der Waals surface area contributed by atoms with E-state index in [9.17, 15) is 4.79 Å². The van der Waals surface area contributed by atoms with Gasteiger partial charge in [-0.15, -0.1) is 0 Å². The SMILES string of the molecule is C=Cc1ccc(COC(=O)c2ccc(OCc3cc(OCCCCCCCCCCCC)c(OCCCCCCCCCCCC)c(OCCCCCCCCCCCC)c3)c(OCc3cc(OCCCCCCCCCCCC)c(OCCCCCCCCCCCC)c(OCCCCCCCCCCCC)c3)c2)cc1. The van der Waals surface area contributed by atoms with Gasteiger partial charge in [0.1, 0.15) is 19.8 Å². The van der Waals surface area contributed by atoms with Crippen molar-refractivity contribution in [3.05, 3.63) is 101 Å². The van der Waals surface area contributed by atoms with Crippen molar-refractivity contribution in [3.63, 3.8) is 0 Å². The lowest BCUT2D eigenvalue weighted by molar-refractivity contribution is 0.0472. The third-order valence-corrected chi connectivity index (χ3v) is 22.2. The summed E-state index contributed by atoms with van der Waals surface area (Å²) in [6, 6.07) is 21.6. The molecule has 4 aromatic rings. The molecule has 638 valence electrons. The van der Waals surface area contributed by atoms with E-state index in [4.69, 9.17) is 42.6 Å². The summed E-state index contributed by atoms with van der Waals surface area (Å²) in [4.78, 5) is 14.2. The highest BCUT2D eigenvalue weighted by Crippen LogP contribution is 2.43. The fourth-order valence-electron chi connectivity index (χ4n) is 14.9. The second-order valence-electron chi connectivity index (χ2n) is 32.8. The van der Waals surface area contributed by atoms with Crippen LogP contribution in [-0.4, -0.2) is 45.6 Å². The minimum Gasteiger partial charge on any atom is -0.490 e. The minimum atomic E-state index is -0.458. The molecule has 0 aliphatic heterocycles. The highest BCUT2D eigenvalue weighted by molar-refractivity contribution is 5.90. The predicted molar refractivity (Wildman–Crippen MR) is 478 cm³/mol. The molecule has 10 nitrogen and oxygen atoms in total. The van der Waals surface area contributed by atoms with Crippen LogP contribution in [0.3, 0.4) is 0 Å². The first kappa shape index (κ1) is 98.9. The Bertz CT molecular complexity index is 2720. The van der Waals surface area contributed by atoms with Crippen molar-refractivity contribution in [3.8, 4) is 46.0 Å². The topological polar surface area (TPSA) is 100 Å². The van der Waals surface area contributed by atoms with Gasteiger partial charge in [-0.3, -0.25) is 0 Å². The zero-order valence-electron chi connectivity index (χ0n) is 73.5. The quantitative estimate of drug-likeness (QED) is 0.0314. The Balaban J connectivity index is 1.72. The van der Waals surface area contributed by atoms with Gasteiger partial charge in [0.2, 0.25) is 11.5 Å². The molecule has 0 bridgehead atoms. The van der Waals surface area contributed by atoms with Crippen LogP contribution in [0.25, 0.3) is 6.08 Å². The standard InChI is InChI=1S/C102H170O10/c1-8-15-21-27-33-39-45-51-57-63-75-104-96-81-91(82-97(105-76-64-58-52-46-40-34-28-22-16-9-2)100(96)108-79-67-61-55-49-43-37-31-25-19-12-5)87-110-94-74-73-93(102(103)112-86-90-71-69-89(14-7)70-72-90)85-95(94)111-88-92-83-98(106-77-65-59-53-47-41-35-29-23-17-10-3)101(109-80-68-62-56-50-44-38-32-26-20-13-6)99(84-92)107-78-66-60-54-48-42-36-30-24-18-11-4/h14,69-74,81-85H,7-13,15-68,75-80,86-88H2,1-6H3. The summed E-state index contributed by atoms with van der Waals surface area (Å²) < 4.78 is 61.1. The molecule has 112 heavy (non-hydrogen) atoms. The molecule has 4 aromatic carbocycles. The van der Waals surface area contributed by atoms with E-state index in [2.05, 4.69) is 72.4 Å². The molecular formula is C102H170O10. The van der Waals surface area contributed by atoms with Gasteiger partial charge >= 0.3 is 5.97 Å². The molecule has 0 aliphatic carbocycles. The predicted octanol–water partition coefficient (Wildman–Crippen LogP) is 32.6. The summed E-state index contributed by atoms with van der Waals surface area (Å²) in [5.41, 5.74) is 4.01. The van der Waals surface area contributed by atoms with Gasteiger partial charge in [0.05, 0.1) is 45.2 Å². The van der Waals surface area contributed by atoms with Crippen LogP contribution in [-0.2, 0) is 24.6 Å². The Labute approximate surface area is 689 Å². The van der Waals surface area contributed by atoms with Crippen molar-refractivity contribution < 1.29 is 47.4 Å². The average molecular weight is 1560 g/mol. The number of hydrogen-bond donors (Lipinski definition) is 0. The smallest absolute Gasteiger partial charge is 0.338 e. The monoisotopic (exact) mass is 1560 g/mol. The van der Waals surface area contributed by atoms with Crippen molar-refractivity contribution in [1.29, 1.82) is 0 Å². The summed E-state index contributed by atoms with van der Waals surface area (Å²) in [5.74, 6) is 4.59. The molecule has 0 aromatic heterocycles. The van der Waals surface area contributed by atoms with E-state index in [1.165, 1.54) is 308 Å². The first-order valence-electron chi connectivity index (χ1n) is 47.8. The van der Waals surface area contributed by atoms with E-state index in [-0.39, 0.29) is 19.8 Å². The molecule has 0 fully saturated rings. The lowest BCUT2D eigenvalue weighted by Crippen LogP contribution is -2.09. The van der Waals surface area contributed by atoms with Gasteiger partial charge in [0.15, 0.2) is 34.5 Å². The van der Waals surface area contributed by atoms with Gasteiger partial charge in [0.25, 0.3) is 0 Å². The molecule has 0 heterocycles. The second-order valence-corrected chi connectivity index (χ2v) is 32.8. The maximum atomic E-state index is 14.2. The molecule has 0 atom stereocenters. The normalized spacial score (nSPS) is 11.3. The summed E-state index contributed by atoms with van der Waals surface area (Å²) in [7, 11) is 0. The first-order chi connectivity index (χ1) is 55.4. The zero-order valence-corrected chi connectivity index (χ0v) is 73.5. The molecule has 0 saturated carbocycles. The van der Waals surface area contributed by atoms with Crippen LogP contribution in [0, 0.1) is 0 Å². The van der Waals surface area contributed by atoms with Gasteiger partial charge in [-0.1, -0.05) is 425 Å². The van der Waals surface area contributed by atoms with E-state index < -0.39 is 5.97 Å². The summed E-state index contributed by atoms with van der Waals surface area (Å²) in [6.45, 7) is 21.6. The van der Waals surface area contributed by atoms with Crippen LogP contribution in [0.4, 0.5) is 0 Å². The lowest BCUT2D eigenvalue weighted by atomic mass is 10.1. The molecule has 10 heteroatoms. The highest BCUT2D eigenvalue weighted by atomic mass is 16.6. The van der Waals surface area contributed by atoms with Gasteiger partial charge in [0, 0.05) is 0 Å². The summed E-state index contributed by atoms with van der Waals surface area (Å²) in [6.07, 6.45) is 77.1. The fraction of sp³-hybridized carbons (Fsp3) is 0.735. The van der Waals surface area contributed by atoms with Crippen molar-refractivity contribution in [1.82, 2.24) is 0 Å². The number of rotatable bonds is 82.